The highest BCUT2D eigenvalue weighted by atomic mass is 15.2. The van der Waals surface area contributed by atoms with Gasteiger partial charge in [0.15, 0.2) is 0 Å². The summed E-state index contributed by atoms with van der Waals surface area (Å²) in [4.78, 5) is 2.79. The highest BCUT2D eigenvalue weighted by Crippen LogP contribution is 2.28. The van der Waals surface area contributed by atoms with E-state index in [1.54, 1.807) is 0 Å². The Kier molecular flexibility index (Phi) is 7.25. The van der Waals surface area contributed by atoms with Crippen LogP contribution in [0.3, 0.4) is 0 Å². The maximum absolute atomic E-state index is 3.55. The van der Waals surface area contributed by atoms with Crippen LogP contribution in [0, 0.1) is 5.41 Å². The van der Waals surface area contributed by atoms with Gasteiger partial charge in [0.25, 0.3) is 0 Å². The van der Waals surface area contributed by atoms with Crippen molar-refractivity contribution in [3.8, 4) is 0 Å². The standard InChI is InChI=1S/C16H34N2/c1-5-10-15-11-8-9-12-18(15)14-16(4,6-2)13-17-7-3/h15,17H,5-14H2,1-4H3. The molecule has 1 saturated heterocycles. The molecule has 1 aliphatic heterocycles. The molecule has 0 bridgehead atoms. The van der Waals surface area contributed by atoms with Gasteiger partial charge in [0, 0.05) is 19.1 Å². The van der Waals surface area contributed by atoms with Gasteiger partial charge in [0.2, 0.25) is 0 Å². The van der Waals surface area contributed by atoms with Gasteiger partial charge >= 0.3 is 0 Å². The summed E-state index contributed by atoms with van der Waals surface area (Å²) in [6.45, 7) is 14.2. The summed E-state index contributed by atoms with van der Waals surface area (Å²) in [7, 11) is 0. The molecule has 0 aromatic heterocycles. The zero-order valence-electron chi connectivity index (χ0n) is 13.1. The van der Waals surface area contributed by atoms with Crippen molar-refractivity contribution in [3.05, 3.63) is 0 Å². The van der Waals surface area contributed by atoms with Crippen LogP contribution < -0.4 is 5.32 Å². The fraction of sp³-hybridized carbons (Fsp3) is 1.00. The van der Waals surface area contributed by atoms with Crippen LogP contribution in [0.1, 0.15) is 66.2 Å². The molecule has 2 atom stereocenters. The first-order valence-corrected chi connectivity index (χ1v) is 8.10. The van der Waals surface area contributed by atoms with Crippen LogP contribution in [-0.4, -0.2) is 37.1 Å². The van der Waals surface area contributed by atoms with Crippen molar-refractivity contribution >= 4 is 0 Å². The van der Waals surface area contributed by atoms with E-state index < -0.39 is 0 Å². The van der Waals surface area contributed by atoms with Gasteiger partial charge in [-0.25, -0.2) is 0 Å². The van der Waals surface area contributed by atoms with Crippen molar-refractivity contribution in [2.24, 2.45) is 5.41 Å². The van der Waals surface area contributed by atoms with Crippen LogP contribution in [-0.2, 0) is 0 Å². The molecule has 0 aromatic rings. The van der Waals surface area contributed by atoms with E-state index in [2.05, 4.69) is 37.9 Å². The van der Waals surface area contributed by atoms with Crippen LogP contribution in [0.25, 0.3) is 0 Å². The zero-order chi connectivity index (χ0) is 13.4. The Balaban J connectivity index is 2.54. The molecule has 2 heteroatoms. The normalized spacial score (nSPS) is 25.0. The number of hydrogen-bond acceptors (Lipinski definition) is 2. The second-order valence-electron chi connectivity index (χ2n) is 6.35. The van der Waals surface area contributed by atoms with Gasteiger partial charge < -0.3 is 5.32 Å². The molecular formula is C16H34N2. The maximum atomic E-state index is 3.55. The second kappa shape index (κ2) is 8.16. The maximum Gasteiger partial charge on any atom is 0.00954 e. The minimum atomic E-state index is 0.444. The van der Waals surface area contributed by atoms with Crippen LogP contribution in [0.5, 0.6) is 0 Å². The first-order valence-electron chi connectivity index (χ1n) is 8.10. The predicted molar refractivity (Wildman–Crippen MR) is 81.1 cm³/mol. The summed E-state index contributed by atoms with van der Waals surface area (Å²) < 4.78 is 0. The van der Waals surface area contributed by atoms with Gasteiger partial charge in [-0.15, -0.1) is 0 Å². The van der Waals surface area contributed by atoms with Crippen LogP contribution >= 0.6 is 0 Å². The lowest BCUT2D eigenvalue weighted by Gasteiger charge is -2.42. The Morgan fingerprint density at radius 1 is 1.22 bits per heavy atom. The first kappa shape index (κ1) is 16.0. The van der Waals surface area contributed by atoms with E-state index in [9.17, 15) is 0 Å². The topological polar surface area (TPSA) is 15.3 Å². The Hall–Kier alpha value is -0.0800. The number of nitrogens with zero attached hydrogens (tertiary/aromatic N) is 1. The molecule has 0 aliphatic carbocycles. The summed E-state index contributed by atoms with van der Waals surface area (Å²) in [5.41, 5.74) is 0.444. The van der Waals surface area contributed by atoms with Gasteiger partial charge in [0.05, 0.1) is 0 Å². The lowest BCUT2D eigenvalue weighted by molar-refractivity contribution is 0.0801. The first-order chi connectivity index (χ1) is 8.65. The zero-order valence-corrected chi connectivity index (χ0v) is 13.1. The van der Waals surface area contributed by atoms with Crippen LogP contribution in [0.15, 0.2) is 0 Å². The second-order valence-corrected chi connectivity index (χ2v) is 6.35. The van der Waals surface area contributed by atoms with Gasteiger partial charge in [0.1, 0.15) is 0 Å². The molecule has 0 saturated carbocycles. The van der Waals surface area contributed by atoms with Crippen molar-refractivity contribution in [3.63, 3.8) is 0 Å². The smallest absolute Gasteiger partial charge is 0.00954 e. The number of hydrogen-bond donors (Lipinski definition) is 1. The molecule has 108 valence electrons. The van der Waals surface area contributed by atoms with E-state index in [1.165, 1.54) is 51.6 Å². The van der Waals surface area contributed by atoms with Crippen LogP contribution in [0.2, 0.25) is 0 Å². The van der Waals surface area contributed by atoms with E-state index >= 15 is 0 Å². The SMILES string of the molecule is CCCC1CCCCN1CC(C)(CC)CNCC. The monoisotopic (exact) mass is 254 g/mol. The van der Waals surface area contributed by atoms with Crippen molar-refractivity contribution in [1.29, 1.82) is 0 Å². The molecule has 2 nitrogen and oxygen atoms in total. The summed E-state index contributed by atoms with van der Waals surface area (Å²) >= 11 is 0. The minimum absolute atomic E-state index is 0.444. The third kappa shape index (κ3) is 4.89. The summed E-state index contributed by atoms with van der Waals surface area (Å²) in [5, 5.41) is 3.55. The molecule has 0 aromatic carbocycles. The van der Waals surface area contributed by atoms with Crippen molar-refractivity contribution in [2.45, 2.75) is 72.3 Å². The fourth-order valence-electron chi connectivity index (χ4n) is 3.14. The lowest BCUT2D eigenvalue weighted by Crippen LogP contribution is -2.48. The van der Waals surface area contributed by atoms with Gasteiger partial charge in [-0.2, -0.15) is 0 Å². The average Bonchev–Trinajstić information content (AvgIpc) is 2.39. The Bertz CT molecular complexity index is 215. The average molecular weight is 254 g/mol. The molecule has 2 unspecified atom stereocenters. The quantitative estimate of drug-likeness (QED) is 0.711. The van der Waals surface area contributed by atoms with E-state index in [0.717, 1.165) is 19.1 Å². The number of likely N-dealkylation sites (tertiary alicyclic amines) is 1. The fourth-order valence-corrected chi connectivity index (χ4v) is 3.14. The molecule has 1 aliphatic rings. The molecule has 18 heavy (non-hydrogen) atoms. The third-order valence-corrected chi connectivity index (χ3v) is 4.61. The van der Waals surface area contributed by atoms with E-state index in [0.29, 0.717) is 5.41 Å². The van der Waals surface area contributed by atoms with Gasteiger partial charge in [-0.05, 0) is 44.2 Å². The summed E-state index contributed by atoms with van der Waals surface area (Å²) in [6.07, 6.45) is 8.26. The predicted octanol–water partition coefficient (Wildman–Crippen LogP) is 3.67. The van der Waals surface area contributed by atoms with Crippen molar-refractivity contribution in [2.75, 3.05) is 26.2 Å². The molecule has 0 radical (unpaired) electrons. The Morgan fingerprint density at radius 3 is 2.61 bits per heavy atom. The number of nitrogens with one attached hydrogen (secondary N) is 1. The highest BCUT2D eigenvalue weighted by molar-refractivity contribution is 4.85. The third-order valence-electron chi connectivity index (χ3n) is 4.61. The molecular weight excluding hydrogens is 220 g/mol. The summed E-state index contributed by atoms with van der Waals surface area (Å²) in [5.74, 6) is 0. The Labute approximate surface area is 115 Å². The van der Waals surface area contributed by atoms with Gasteiger partial charge in [-0.1, -0.05) is 40.5 Å². The van der Waals surface area contributed by atoms with E-state index in [-0.39, 0.29) is 0 Å². The van der Waals surface area contributed by atoms with Crippen LogP contribution in [0.4, 0.5) is 0 Å². The molecule has 1 heterocycles. The summed E-state index contributed by atoms with van der Waals surface area (Å²) in [6, 6.07) is 0.858. The number of rotatable bonds is 8. The molecule has 1 fully saturated rings. The molecule has 0 amide bonds. The highest BCUT2D eigenvalue weighted by Gasteiger charge is 2.29. The van der Waals surface area contributed by atoms with E-state index in [1.807, 2.05) is 0 Å². The molecule has 1 rings (SSSR count). The molecule has 1 N–H and O–H groups in total. The molecule has 0 spiro atoms. The minimum Gasteiger partial charge on any atom is -0.316 e. The lowest BCUT2D eigenvalue weighted by atomic mass is 9.84. The number of piperidine rings is 1. The van der Waals surface area contributed by atoms with Gasteiger partial charge in [-0.3, -0.25) is 4.90 Å². The van der Waals surface area contributed by atoms with E-state index in [4.69, 9.17) is 0 Å². The van der Waals surface area contributed by atoms with Crippen molar-refractivity contribution < 1.29 is 0 Å². The van der Waals surface area contributed by atoms with Crippen molar-refractivity contribution in [1.82, 2.24) is 10.2 Å². The largest absolute Gasteiger partial charge is 0.316 e. The Morgan fingerprint density at radius 2 is 2.00 bits per heavy atom.